The first-order valence-electron chi connectivity index (χ1n) is 9.64. The van der Waals surface area contributed by atoms with Gasteiger partial charge in [-0.25, -0.2) is 0 Å². The van der Waals surface area contributed by atoms with Gasteiger partial charge in [0, 0.05) is 26.6 Å². The van der Waals surface area contributed by atoms with Crippen molar-refractivity contribution in [3.63, 3.8) is 0 Å². The molecule has 0 aliphatic carbocycles. The number of nitrogens with zero attached hydrogens (tertiary/aromatic N) is 1. The first kappa shape index (κ1) is 19.2. The van der Waals surface area contributed by atoms with Crippen molar-refractivity contribution in [2.45, 2.75) is 33.1 Å². The number of aryl methyl sites for hydroxylation is 1. The van der Waals surface area contributed by atoms with E-state index in [1.54, 1.807) is 7.05 Å². The Balaban J connectivity index is 1.97. The molecule has 2 aromatic rings. The van der Waals surface area contributed by atoms with Crippen molar-refractivity contribution in [3.8, 4) is 11.1 Å². The molecule has 27 heavy (non-hydrogen) atoms. The molecular formula is C23H28N2O2. The van der Waals surface area contributed by atoms with Gasteiger partial charge in [-0.3, -0.25) is 9.59 Å². The molecule has 142 valence electrons. The Hall–Kier alpha value is -2.62. The molecule has 0 spiro atoms. The number of hydrogen-bond donors (Lipinski definition) is 1. The summed E-state index contributed by atoms with van der Waals surface area (Å²) in [5.74, 6) is 0.140. The number of likely N-dealkylation sites (tertiary alicyclic amines) is 1. The minimum atomic E-state index is -0.570. The van der Waals surface area contributed by atoms with Crippen LogP contribution in [0.25, 0.3) is 11.1 Å². The van der Waals surface area contributed by atoms with Crippen LogP contribution in [0.5, 0.6) is 0 Å². The van der Waals surface area contributed by atoms with Gasteiger partial charge in [0.25, 0.3) is 0 Å². The van der Waals surface area contributed by atoms with E-state index in [4.69, 9.17) is 0 Å². The lowest BCUT2D eigenvalue weighted by Gasteiger charge is -2.28. The molecule has 1 aliphatic heterocycles. The highest BCUT2D eigenvalue weighted by molar-refractivity contribution is 5.86. The van der Waals surface area contributed by atoms with E-state index in [-0.39, 0.29) is 11.8 Å². The average Bonchev–Trinajstić information content (AvgIpc) is 3.12. The number of benzene rings is 2. The van der Waals surface area contributed by atoms with Crippen LogP contribution in [0.1, 0.15) is 30.9 Å². The third-order valence-corrected chi connectivity index (χ3v) is 5.59. The zero-order valence-corrected chi connectivity index (χ0v) is 16.4. The van der Waals surface area contributed by atoms with Gasteiger partial charge < -0.3 is 10.2 Å². The van der Waals surface area contributed by atoms with Crippen LogP contribution < -0.4 is 5.32 Å². The Kier molecular flexibility index (Phi) is 5.64. The number of nitrogens with one attached hydrogen (secondary N) is 1. The van der Waals surface area contributed by atoms with Crippen molar-refractivity contribution in [3.05, 3.63) is 59.7 Å². The predicted octanol–water partition coefficient (Wildman–Crippen LogP) is 3.58. The minimum Gasteiger partial charge on any atom is -0.359 e. The summed E-state index contributed by atoms with van der Waals surface area (Å²) in [7, 11) is 1.68. The normalized spacial score (nSPS) is 19.1. The smallest absolute Gasteiger partial charge is 0.228 e. The third-order valence-electron chi connectivity index (χ3n) is 5.59. The highest BCUT2D eigenvalue weighted by Crippen LogP contribution is 2.37. The molecule has 1 unspecified atom stereocenters. The molecule has 4 nitrogen and oxygen atoms in total. The van der Waals surface area contributed by atoms with E-state index in [9.17, 15) is 9.59 Å². The Morgan fingerprint density at radius 3 is 2.63 bits per heavy atom. The highest BCUT2D eigenvalue weighted by atomic mass is 16.2. The van der Waals surface area contributed by atoms with Crippen LogP contribution in [-0.4, -0.2) is 36.9 Å². The molecule has 2 amide bonds. The Bertz CT molecular complexity index is 846. The minimum absolute atomic E-state index is 0.0212. The van der Waals surface area contributed by atoms with Crippen LogP contribution in [-0.2, 0) is 16.0 Å². The van der Waals surface area contributed by atoms with Crippen molar-refractivity contribution in [1.29, 1.82) is 0 Å². The molecule has 4 heteroatoms. The van der Waals surface area contributed by atoms with Crippen LogP contribution in [0.4, 0.5) is 0 Å². The summed E-state index contributed by atoms with van der Waals surface area (Å²) in [5, 5.41) is 2.84. The van der Waals surface area contributed by atoms with E-state index < -0.39 is 5.41 Å². The summed E-state index contributed by atoms with van der Waals surface area (Å²) in [6.07, 6.45) is 1.80. The highest BCUT2D eigenvalue weighted by Gasteiger charge is 2.45. The van der Waals surface area contributed by atoms with E-state index in [0.29, 0.717) is 32.4 Å². The van der Waals surface area contributed by atoms with Crippen LogP contribution in [0.3, 0.4) is 0 Å². The molecule has 0 saturated carbocycles. The molecule has 1 saturated heterocycles. The fourth-order valence-corrected chi connectivity index (χ4v) is 4.12. The SMILES string of the molecule is CCC(=O)N1CCC(Cc2ccccc2-c2cccc(C)c2)(C(=O)NC)C1. The van der Waals surface area contributed by atoms with Gasteiger partial charge in [0.15, 0.2) is 0 Å². The van der Waals surface area contributed by atoms with Gasteiger partial charge in [-0.05, 0) is 36.5 Å². The van der Waals surface area contributed by atoms with Gasteiger partial charge in [-0.2, -0.15) is 0 Å². The molecule has 1 N–H and O–H groups in total. The summed E-state index contributed by atoms with van der Waals surface area (Å²) in [6.45, 7) is 5.09. The van der Waals surface area contributed by atoms with Crippen molar-refractivity contribution < 1.29 is 9.59 Å². The molecule has 0 radical (unpaired) electrons. The van der Waals surface area contributed by atoms with Crippen molar-refractivity contribution in [2.24, 2.45) is 5.41 Å². The molecule has 1 fully saturated rings. The van der Waals surface area contributed by atoms with Crippen molar-refractivity contribution >= 4 is 11.8 Å². The molecule has 0 aromatic heterocycles. The summed E-state index contributed by atoms with van der Waals surface area (Å²) in [6, 6.07) is 16.7. The molecule has 2 aromatic carbocycles. The first-order chi connectivity index (χ1) is 13.0. The van der Waals surface area contributed by atoms with E-state index in [1.165, 1.54) is 5.56 Å². The number of carbonyl (C=O) groups is 2. The fourth-order valence-electron chi connectivity index (χ4n) is 4.12. The Morgan fingerprint density at radius 2 is 1.93 bits per heavy atom. The number of hydrogen-bond acceptors (Lipinski definition) is 2. The third kappa shape index (κ3) is 3.90. The van der Waals surface area contributed by atoms with E-state index >= 15 is 0 Å². The monoisotopic (exact) mass is 364 g/mol. The predicted molar refractivity (Wildman–Crippen MR) is 108 cm³/mol. The van der Waals surface area contributed by atoms with E-state index in [0.717, 1.165) is 16.7 Å². The van der Waals surface area contributed by atoms with Crippen LogP contribution in [0.15, 0.2) is 48.5 Å². The summed E-state index contributed by atoms with van der Waals surface area (Å²) in [5.41, 5.74) is 4.11. The standard InChI is InChI=1S/C23H28N2O2/c1-4-21(26)25-13-12-23(16-25,22(27)24-3)15-19-9-5-6-11-20(19)18-10-7-8-17(2)14-18/h5-11,14H,4,12-13,15-16H2,1-3H3,(H,24,27). The summed E-state index contributed by atoms with van der Waals surface area (Å²) < 4.78 is 0. The second-order valence-corrected chi connectivity index (χ2v) is 7.48. The average molecular weight is 364 g/mol. The quantitative estimate of drug-likeness (QED) is 0.882. The van der Waals surface area contributed by atoms with Crippen molar-refractivity contribution in [2.75, 3.05) is 20.1 Å². The lowest BCUT2D eigenvalue weighted by molar-refractivity contribution is -0.132. The van der Waals surface area contributed by atoms with Gasteiger partial charge in [0.2, 0.25) is 11.8 Å². The van der Waals surface area contributed by atoms with Gasteiger partial charge >= 0.3 is 0 Å². The van der Waals surface area contributed by atoms with Crippen LogP contribution in [0.2, 0.25) is 0 Å². The van der Waals surface area contributed by atoms with Crippen LogP contribution >= 0.6 is 0 Å². The second kappa shape index (κ2) is 7.95. The summed E-state index contributed by atoms with van der Waals surface area (Å²) >= 11 is 0. The number of rotatable bonds is 5. The zero-order valence-electron chi connectivity index (χ0n) is 16.4. The topological polar surface area (TPSA) is 49.4 Å². The fraction of sp³-hybridized carbons (Fsp3) is 0.391. The Labute approximate surface area is 161 Å². The lowest BCUT2D eigenvalue weighted by atomic mass is 9.78. The maximum absolute atomic E-state index is 12.8. The maximum atomic E-state index is 12.8. The van der Waals surface area contributed by atoms with Crippen molar-refractivity contribution in [1.82, 2.24) is 10.2 Å². The molecule has 1 atom stereocenters. The Morgan fingerprint density at radius 1 is 1.15 bits per heavy atom. The lowest BCUT2D eigenvalue weighted by Crippen LogP contribution is -2.44. The van der Waals surface area contributed by atoms with Crippen LogP contribution in [0, 0.1) is 12.3 Å². The van der Waals surface area contributed by atoms with Gasteiger partial charge in [-0.1, -0.05) is 61.0 Å². The largest absolute Gasteiger partial charge is 0.359 e. The zero-order chi connectivity index (χ0) is 19.4. The molecule has 3 rings (SSSR count). The molecular weight excluding hydrogens is 336 g/mol. The van der Waals surface area contributed by atoms with E-state index in [2.05, 4.69) is 48.6 Å². The second-order valence-electron chi connectivity index (χ2n) is 7.48. The first-order valence-corrected chi connectivity index (χ1v) is 9.64. The molecule has 0 bridgehead atoms. The van der Waals surface area contributed by atoms with E-state index in [1.807, 2.05) is 24.0 Å². The number of carbonyl (C=O) groups excluding carboxylic acids is 2. The summed E-state index contributed by atoms with van der Waals surface area (Å²) in [4.78, 5) is 26.9. The molecule has 1 aliphatic rings. The van der Waals surface area contributed by atoms with Gasteiger partial charge in [0.1, 0.15) is 0 Å². The molecule has 1 heterocycles. The van der Waals surface area contributed by atoms with Gasteiger partial charge in [0.05, 0.1) is 5.41 Å². The number of amides is 2. The maximum Gasteiger partial charge on any atom is 0.228 e. The van der Waals surface area contributed by atoms with Gasteiger partial charge in [-0.15, -0.1) is 0 Å².